The highest BCUT2D eigenvalue weighted by Crippen LogP contribution is 2.23. The molecule has 0 saturated heterocycles. The second-order valence-electron chi connectivity index (χ2n) is 6.34. The van der Waals surface area contributed by atoms with E-state index in [9.17, 15) is 4.79 Å². The van der Waals surface area contributed by atoms with Crippen LogP contribution in [0.1, 0.15) is 39.7 Å². The number of halogens is 2. The van der Waals surface area contributed by atoms with E-state index in [0.29, 0.717) is 18.1 Å². The van der Waals surface area contributed by atoms with Crippen LogP contribution < -0.4 is 5.32 Å². The van der Waals surface area contributed by atoms with E-state index in [1.54, 1.807) is 4.90 Å². The average molecular weight is 406 g/mol. The molecule has 0 aromatic heterocycles. The van der Waals surface area contributed by atoms with Crippen molar-refractivity contribution in [1.29, 1.82) is 0 Å². The molecule has 0 aliphatic rings. The van der Waals surface area contributed by atoms with E-state index in [2.05, 4.69) is 21.2 Å². The molecule has 0 heterocycles. The van der Waals surface area contributed by atoms with E-state index in [-0.39, 0.29) is 6.09 Å². The summed E-state index contributed by atoms with van der Waals surface area (Å²) in [5, 5.41) is 4.08. The van der Waals surface area contributed by atoms with Gasteiger partial charge in [-0.05, 0) is 74.3 Å². The summed E-state index contributed by atoms with van der Waals surface area (Å²) in [7, 11) is 0. The lowest BCUT2D eigenvalue weighted by Gasteiger charge is -2.26. The number of ether oxygens (including phenoxy) is 1. The quantitative estimate of drug-likeness (QED) is 0.660. The summed E-state index contributed by atoms with van der Waals surface area (Å²) in [4.78, 5) is 13.7. The number of hydrogen-bond donors (Lipinski definition) is 1. The Kier molecular flexibility index (Phi) is 8.37. The highest BCUT2D eigenvalue weighted by Gasteiger charge is 2.20. The Hall–Kier alpha value is -0.780. The van der Waals surface area contributed by atoms with Crippen molar-refractivity contribution in [3.8, 4) is 0 Å². The molecule has 0 unspecified atom stereocenters. The molecule has 0 atom stereocenters. The molecule has 1 rings (SSSR count). The van der Waals surface area contributed by atoms with Gasteiger partial charge in [0.05, 0.1) is 5.02 Å². The van der Waals surface area contributed by atoms with Crippen LogP contribution in [0.25, 0.3) is 0 Å². The Balaban J connectivity index is 2.29. The van der Waals surface area contributed by atoms with E-state index in [1.165, 1.54) is 0 Å². The van der Waals surface area contributed by atoms with Crippen LogP contribution in [0, 0.1) is 0 Å². The number of carbonyl (C=O) groups excluding carboxylic acids is 1. The highest BCUT2D eigenvalue weighted by molar-refractivity contribution is 9.10. The SMILES string of the molecule is CCN(CCCNCc1ccc(Br)c(Cl)c1)C(=O)OC(C)(C)C. The van der Waals surface area contributed by atoms with Gasteiger partial charge in [-0.3, -0.25) is 0 Å². The van der Waals surface area contributed by atoms with Crippen LogP contribution in [0.2, 0.25) is 5.02 Å². The Morgan fingerprint density at radius 2 is 2.09 bits per heavy atom. The predicted molar refractivity (Wildman–Crippen MR) is 99.0 cm³/mol. The maximum atomic E-state index is 12.0. The number of nitrogens with zero attached hydrogens (tertiary/aromatic N) is 1. The van der Waals surface area contributed by atoms with E-state index in [0.717, 1.165) is 29.5 Å². The monoisotopic (exact) mass is 404 g/mol. The fraction of sp³-hybridized carbons (Fsp3) is 0.588. The van der Waals surface area contributed by atoms with E-state index >= 15 is 0 Å². The van der Waals surface area contributed by atoms with Crippen LogP contribution >= 0.6 is 27.5 Å². The van der Waals surface area contributed by atoms with Crippen molar-refractivity contribution in [2.75, 3.05) is 19.6 Å². The van der Waals surface area contributed by atoms with Crippen LogP contribution in [0.15, 0.2) is 22.7 Å². The van der Waals surface area contributed by atoms with Gasteiger partial charge in [0, 0.05) is 24.1 Å². The summed E-state index contributed by atoms with van der Waals surface area (Å²) in [5.74, 6) is 0. The molecule has 1 aromatic carbocycles. The maximum Gasteiger partial charge on any atom is 0.410 e. The van der Waals surface area contributed by atoms with Crippen molar-refractivity contribution >= 4 is 33.6 Å². The van der Waals surface area contributed by atoms with Crippen molar-refractivity contribution in [3.63, 3.8) is 0 Å². The molecule has 0 bridgehead atoms. The topological polar surface area (TPSA) is 41.6 Å². The molecule has 0 aliphatic heterocycles. The standard InChI is InChI=1S/C17H26BrClN2O2/c1-5-21(16(22)23-17(2,3)4)10-6-9-20-12-13-7-8-14(18)15(19)11-13/h7-8,11,20H,5-6,9-10,12H2,1-4H3. The third-order valence-corrected chi connectivity index (χ3v) is 4.36. The van der Waals surface area contributed by atoms with Gasteiger partial charge in [-0.15, -0.1) is 0 Å². The summed E-state index contributed by atoms with van der Waals surface area (Å²) in [5.41, 5.74) is 0.682. The number of hydrogen-bond acceptors (Lipinski definition) is 3. The number of amides is 1. The minimum atomic E-state index is -0.455. The van der Waals surface area contributed by atoms with Crippen LogP contribution in [0.4, 0.5) is 4.79 Å². The first-order chi connectivity index (χ1) is 10.7. The first-order valence-electron chi connectivity index (χ1n) is 7.85. The molecule has 23 heavy (non-hydrogen) atoms. The van der Waals surface area contributed by atoms with Gasteiger partial charge in [0.15, 0.2) is 0 Å². The molecule has 0 spiro atoms. The summed E-state index contributed by atoms with van der Waals surface area (Å²) in [6, 6.07) is 5.92. The minimum absolute atomic E-state index is 0.250. The van der Waals surface area contributed by atoms with Crippen molar-refractivity contribution in [2.24, 2.45) is 0 Å². The van der Waals surface area contributed by atoms with Gasteiger partial charge in [-0.25, -0.2) is 4.79 Å². The van der Waals surface area contributed by atoms with Gasteiger partial charge in [0.25, 0.3) is 0 Å². The van der Waals surface area contributed by atoms with Crippen LogP contribution in [-0.4, -0.2) is 36.2 Å². The van der Waals surface area contributed by atoms with Gasteiger partial charge in [0.2, 0.25) is 0 Å². The molecule has 1 N–H and O–H groups in total. The number of benzene rings is 1. The average Bonchev–Trinajstić information content (AvgIpc) is 2.44. The minimum Gasteiger partial charge on any atom is -0.444 e. The second kappa shape index (κ2) is 9.50. The van der Waals surface area contributed by atoms with E-state index < -0.39 is 5.60 Å². The molecule has 130 valence electrons. The summed E-state index contributed by atoms with van der Waals surface area (Å²) >= 11 is 9.45. The van der Waals surface area contributed by atoms with Gasteiger partial charge in [0.1, 0.15) is 5.60 Å². The Bertz CT molecular complexity index is 518. The van der Waals surface area contributed by atoms with Gasteiger partial charge < -0.3 is 15.0 Å². The number of rotatable bonds is 7. The molecule has 0 fully saturated rings. The molecule has 6 heteroatoms. The van der Waals surface area contributed by atoms with Gasteiger partial charge in [-0.2, -0.15) is 0 Å². The van der Waals surface area contributed by atoms with Gasteiger partial charge >= 0.3 is 6.09 Å². The predicted octanol–water partition coefficient (Wildman–Crippen LogP) is 4.84. The van der Waals surface area contributed by atoms with Crippen LogP contribution in [0.3, 0.4) is 0 Å². The maximum absolute atomic E-state index is 12.0. The Morgan fingerprint density at radius 3 is 2.65 bits per heavy atom. The molecule has 0 radical (unpaired) electrons. The van der Waals surface area contributed by atoms with Crippen molar-refractivity contribution in [3.05, 3.63) is 33.3 Å². The third kappa shape index (κ3) is 8.04. The van der Waals surface area contributed by atoms with E-state index in [4.69, 9.17) is 16.3 Å². The second-order valence-corrected chi connectivity index (χ2v) is 7.60. The number of carbonyl (C=O) groups is 1. The lowest BCUT2D eigenvalue weighted by atomic mass is 10.2. The fourth-order valence-corrected chi connectivity index (χ4v) is 2.43. The zero-order chi connectivity index (χ0) is 17.5. The number of nitrogens with one attached hydrogen (secondary N) is 1. The highest BCUT2D eigenvalue weighted by atomic mass is 79.9. The molecule has 4 nitrogen and oxygen atoms in total. The Morgan fingerprint density at radius 1 is 1.39 bits per heavy atom. The zero-order valence-corrected chi connectivity index (χ0v) is 16.6. The fourth-order valence-electron chi connectivity index (χ4n) is 1.98. The van der Waals surface area contributed by atoms with Gasteiger partial charge in [-0.1, -0.05) is 17.7 Å². The zero-order valence-electron chi connectivity index (χ0n) is 14.3. The molecular weight excluding hydrogens is 380 g/mol. The molecule has 1 aromatic rings. The van der Waals surface area contributed by atoms with Crippen LogP contribution in [0.5, 0.6) is 0 Å². The lowest BCUT2D eigenvalue weighted by Crippen LogP contribution is -2.38. The summed E-state index contributed by atoms with van der Waals surface area (Å²) in [6.45, 7) is 10.5. The largest absolute Gasteiger partial charge is 0.444 e. The lowest BCUT2D eigenvalue weighted by molar-refractivity contribution is 0.0258. The third-order valence-electron chi connectivity index (χ3n) is 3.13. The first kappa shape index (κ1) is 20.3. The summed E-state index contributed by atoms with van der Waals surface area (Å²) in [6.07, 6.45) is 0.622. The Labute approximate surface area is 152 Å². The van der Waals surface area contributed by atoms with E-state index in [1.807, 2.05) is 45.9 Å². The molecule has 0 saturated carbocycles. The summed E-state index contributed by atoms with van der Waals surface area (Å²) < 4.78 is 6.29. The smallest absolute Gasteiger partial charge is 0.410 e. The van der Waals surface area contributed by atoms with Crippen molar-refractivity contribution < 1.29 is 9.53 Å². The normalized spacial score (nSPS) is 11.4. The molecular formula is C17H26BrClN2O2. The van der Waals surface area contributed by atoms with Crippen molar-refractivity contribution in [2.45, 2.75) is 46.3 Å². The molecule has 1 amide bonds. The first-order valence-corrected chi connectivity index (χ1v) is 9.02. The molecule has 0 aliphatic carbocycles. The van der Waals surface area contributed by atoms with Crippen LogP contribution in [-0.2, 0) is 11.3 Å². The van der Waals surface area contributed by atoms with Crippen molar-refractivity contribution in [1.82, 2.24) is 10.2 Å².